The lowest BCUT2D eigenvalue weighted by molar-refractivity contribution is -0.228. The molecule has 2 saturated carbocycles. The van der Waals surface area contributed by atoms with E-state index in [1.807, 2.05) is 19.9 Å². The number of ether oxygens (including phenoxy) is 2. The van der Waals surface area contributed by atoms with E-state index in [1.165, 1.54) is 18.4 Å². The summed E-state index contributed by atoms with van der Waals surface area (Å²) >= 11 is 0. The highest BCUT2D eigenvalue weighted by atomic mass is 16.6. The van der Waals surface area contributed by atoms with Gasteiger partial charge in [-0.1, -0.05) is 63.1 Å². The van der Waals surface area contributed by atoms with Crippen LogP contribution in [0.2, 0.25) is 0 Å². The standard InChI is InChI=1S/C30H46O5/c1-7-9-16-28(4,5)35-27(32)20-34-30(33)18-23(21(3)26(31)19-30)13-12-22-11-10-17-29(6)24(8-2)14-15-25(22)29/h12-14,25-26,31,33H,3,7-11,15-20H2,1-2,4-6H3/t25-,26-,29+,30-/m0/s1. The van der Waals surface area contributed by atoms with E-state index in [9.17, 15) is 15.0 Å². The van der Waals surface area contributed by atoms with Crippen molar-refractivity contribution in [2.45, 2.75) is 116 Å². The zero-order chi connectivity index (χ0) is 25.9. The van der Waals surface area contributed by atoms with Crippen LogP contribution in [0.3, 0.4) is 0 Å². The lowest BCUT2D eigenvalue weighted by Gasteiger charge is -2.41. The molecule has 0 aromatic heterocycles. The van der Waals surface area contributed by atoms with Gasteiger partial charge < -0.3 is 19.7 Å². The highest BCUT2D eigenvalue weighted by molar-refractivity contribution is 5.71. The predicted octanol–water partition coefficient (Wildman–Crippen LogP) is 6.31. The predicted molar refractivity (Wildman–Crippen MR) is 140 cm³/mol. The van der Waals surface area contributed by atoms with Crippen molar-refractivity contribution in [2.24, 2.45) is 11.3 Å². The van der Waals surface area contributed by atoms with E-state index < -0.39 is 23.5 Å². The van der Waals surface area contributed by atoms with Gasteiger partial charge in [0.25, 0.3) is 0 Å². The molecule has 0 bridgehead atoms. The molecule has 3 rings (SSSR count). The minimum absolute atomic E-state index is 0.0171. The second-order valence-corrected chi connectivity index (χ2v) is 11.6. The lowest BCUT2D eigenvalue weighted by atomic mass is 9.64. The molecule has 0 heterocycles. The Labute approximate surface area is 212 Å². The second kappa shape index (κ2) is 11.1. The first-order valence-electron chi connectivity index (χ1n) is 13.5. The second-order valence-electron chi connectivity index (χ2n) is 11.6. The molecule has 5 heteroatoms. The summed E-state index contributed by atoms with van der Waals surface area (Å²) in [7, 11) is 0. The lowest BCUT2D eigenvalue weighted by Crippen LogP contribution is -2.43. The number of carbonyl (C=O) groups is 1. The van der Waals surface area contributed by atoms with Gasteiger partial charge >= 0.3 is 5.97 Å². The molecule has 0 aliphatic heterocycles. The third-order valence-corrected chi connectivity index (χ3v) is 8.37. The number of hydrogen-bond acceptors (Lipinski definition) is 5. The van der Waals surface area contributed by atoms with Crippen molar-refractivity contribution in [3.63, 3.8) is 0 Å². The highest BCUT2D eigenvalue weighted by Gasteiger charge is 2.44. The molecule has 3 aliphatic rings. The number of esters is 1. The molecule has 0 aromatic carbocycles. The third kappa shape index (κ3) is 6.55. The van der Waals surface area contributed by atoms with Crippen molar-refractivity contribution in [3.05, 3.63) is 47.1 Å². The van der Waals surface area contributed by atoms with Crippen molar-refractivity contribution in [1.29, 1.82) is 0 Å². The van der Waals surface area contributed by atoms with E-state index in [1.54, 1.807) is 5.57 Å². The Bertz CT molecular complexity index is 894. The average Bonchev–Trinajstić information content (AvgIpc) is 3.14. The minimum atomic E-state index is -1.64. The van der Waals surface area contributed by atoms with Gasteiger partial charge in [-0.15, -0.1) is 0 Å². The number of aliphatic hydroxyl groups is 2. The van der Waals surface area contributed by atoms with Crippen molar-refractivity contribution < 1.29 is 24.5 Å². The third-order valence-electron chi connectivity index (χ3n) is 8.37. The number of hydrogen-bond donors (Lipinski definition) is 2. The van der Waals surface area contributed by atoms with E-state index in [0.29, 0.717) is 11.5 Å². The van der Waals surface area contributed by atoms with Gasteiger partial charge in [0.1, 0.15) is 12.2 Å². The quantitative estimate of drug-likeness (QED) is 0.227. The molecule has 196 valence electrons. The monoisotopic (exact) mass is 486 g/mol. The molecule has 0 unspecified atom stereocenters. The molecule has 0 amide bonds. The first kappa shape index (κ1) is 27.9. The van der Waals surface area contributed by atoms with E-state index in [2.05, 4.69) is 39.5 Å². The highest BCUT2D eigenvalue weighted by Crippen LogP contribution is 2.55. The molecular weight excluding hydrogens is 440 g/mol. The largest absolute Gasteiger partial charge is 0.458 e. The molecule has 2 fully saturated rings. The fourth-order valence-electron chi connectivity index (χ4n) is 6.24. The maximum Gasteiger partial charge on any atom is 0.332 e. The van der Waals surface area contributed by atoms with E-state index in [4.69, 9.17) is 9.47 Å². The zero-order valence-electron chi connectivity index (χ0n) is 22.5. The number of fused-ring (bicyclic) bond motifs is 1. The van der Waals surface area contributed by atoms with Crippen LogP contribution in [-0.4, -0.2) is 40.3 Å². The van der Waals surface area contributed by atoms with Crippen LogP contribution in [0.4, 0.5) is 0 Å². The maximum absolute atomic E-state index is 12.4. The zero-order valence-corrected chi connectivity index (χ0v) is 22.5. The smallest absolute Gasteiger partial charge is 0.332 e. The summed E-state index contributed by atoms with van der Waals surface area (Å²) in [6, 6.07) is 0. The number of unbranched alkanes of at least 4 members (excludes halogenated alkanes) is 1. The first-order valence-corrected chi connectivity index (χ1v) is 13.5. The molecule has 2 N–H and O–H groups in total. The van der Waals surface area contributed by atoms with Crippen molar-refractivity contribution in [2.75, 3.05) is 6.61 Å². The maximum atomic E-state index is 12.4. The molecular formula is C30H46O5. The molecule has 35 heavy (non-hydrogen) atoms. The van der Waals surface area contributed by atoms with Gasteiger partial charge in [-0.05, 0) is 81.3 Å². The SMILES string of the molecule is C=C1C(=CC=C2CCC[C@]3(C)C(CC)=CC[C@@H]23)C[C@](O)(OCC(=O)OC(C)(C)CCCC)C[C@@H]1O. The molecule has 0 spiro atoms. The van der Waals surface area contributed by atoms with Crippen LogP contribution in [0.15, 0.2) is 47.1 Å². The van der Waals surface area contributed by atoms with Gasteiger partial charge in [-0.25, -0.2) is 4.79 Å². The summed E-state index contributed by atoms with van der Waals surface area (Å²) < 4.78 is 11.2. The minimum Gasteiger partial charge on any atom is -0.458 e. The Morgan fingerprint density at radius 2 is 2.06 bits per heavy atom. The van der Waals surface area contributed by atoms with Crippen LogP contribution in [0.5, 0.6) is 0 Å². The van der Waals surface area contributed by atoms with Gasteiger partial charge in [0, 0.05) is 12.8 Å². The fourth-order valence-corrected chi connectivity index (χ4v) is 6.24. The van der Waals surface area contributed by atoms with Gasteiger partial charge in [0.2, 0.25) is 0 Å². The van der Waals surface area contributed by atoms with Crippen molar-refractivity contribution >= 4 is 5.97 Å². The Balaban J connectivity index is 1.68. The number of carbonyl (C=O) groups excluding carboxylic acids is 1. The summed E-state index contributed by atoms with van der Waals surface area (Å²) in [5.74, 6) is -1.62. The van der Waals surface area contributed by atoms with E-state index in [-0.39, 0.29) is 24.9 Å². The molecule has 4 atom stereocenters. The van der Waals surface area contributed by atoms with Crippen LogP contribution >= 0.6 is 0 Å². The fraction of sp³-hybridized carbons (Fsp3) is 0.700. The summed E-state index contributed by atoms with van der Waals surface area (Å²) in [6.07, 6.45) is 14.3. The molecule has 0 aromatic rings. The van der Waals surface area contributed by atoms with Gasteiger partial charge in [-0.2, -0.15) is 0 Å². The van der Waals surface area contributed by atoms with Gasteiger partial charge in [0.05, 0.1) is 6.10 Å². The Morgan fingerprint density at radius 1 is 1.31 bits per heavy atom. The van der Waals surface area contributed by atoms with Crippen LogP contribution in [-0.2, 0) is 14.3 Å². The molecule has 3 aliphatic carbocycles. The van der Waals surface area contributed by atoms with E-state index >= 15 is 0 Å². The Morgan fingerprint density at radius 3 is 2.74 bits per heavy atom. The van der Waals surface area contributed by atoms with Crippen LogP contribution in [0.25, 0.3) is 0 Å². The summed E-state index contributed by atoms with van der Waals surface area (Å²) in [5.41, 5.74) is 4.06. The Hall–Kier alpha value is -1.69. The normalized spacial score (nSPS) is 33.7. The summed E-state index contributed by atoms with van der Waals surface area (Å²) in [6.45, 7) is 14.2. The summed E-state index contributed by atoms with van der Waals surface area (Å²) in [5, 5.41) is 21.7. The summed E-state index contributed by atoms with van der Waals surface area (Å²) in [4.78, 5) is 12.4. The van der Waals surface area contributed by atoms with Crippen molar-refractivity contribution in [1.82, 2.24) is 0 Å². The molecule has 0 radical (unpaired) electrons. The van der Waals surface area contributed by atoms with Crippen LogP contribution in [0, 0.1) is 11.3 Å². The van der Waals surface area contributed by atoms with Crippen molar-refractivity contribution in [3.8, 4) is 0 Å². The van der Waals surface area contributed by atoms with Gasteiger partial charge in [0.15, 0.2) is 5.79 Å². The number of aliphatic hydroxyl groups excluding tert-OH is 1. The van der Waals surface area contributed by atoms with Crippen LogP contribution < -0.4 is 0 Å². The number of rotatable bonds is 9. The first-order chi connectivity index (χ1) is 16.4. The average molecular weight is 487 g/mol. The Kier molecular flexibility index (Phi) is 8.88. The van der Waals surface area contributed by atoms with Gasteiger partial charge in [-0.3, -0.25) is 0 Å². The topological polar surface area (TPSA) is 76.0 Å². The molecule has 5 nitrogen and oxygen atoms in total. The molecule has 0 saturated heterocycles. The van der Waals surface area contributed by atoms with Crippen LogP contribution in [0.1, 0.15) is 98.8 Å². The number of allylic oxidation sites excluding steroid dienone is 5. The van der Waals surface area contributed by atoms with E-state index in [0.717, 1.165) is 44.1 Å².